The highest BCUT2D eigenvalue weighted by Crippen LogP contribution is 2.28. The van der Waals surface area contributed by atoms with Crippen molar-refractivity contribution < 1.29 is 13.2 Å². The van der Waals surface area contributed by atoms with Crippen LogP contribution in [0.1, 0.15) is 17.7 Å². The molecule has 0 radical (unpaired) electrons. The number of carbonyl (C=O) groups is 1. The summed E-state index contributed by atoms with van der Waals surface area (Å²) in [4.78, 5) is 25.8. The van der Waals surface area contributed by atoms with Gasteiger partial charge in [-0.1, -0.05) is 0 Å². The average molecular weight is 422 g/mol. The van der Waals surface area contributed by atoms with E-state index in [-0.39, 0.29) is 12.3 Å². The van der Waals surface area contributed by atoms with Gasteiger partial charge in [0.25, 0.3) is 10.0 Å². The van der Waals surface area contributed by atoms with Gasteiger partial charge in [0.1, 0.15) is 4.21 Å². The zero-order chi connectivity index (χ0) is 19.6. The first kappa shape index (κ1) is 19.3. The zero-order valence-corrected chi connectivity index (χ0v) is 17.2. The molecular weight excluding hydrogens is 398 g/mol. The van der Waals surface area contributed by atoms with Gasteiger partial charge >= 0.3 is 0 Å². The van der Waals surface area contributed by atoms with Crippen molar-refractivity contribution in [3.8, 4) is 0 Å². The molecule has 2 aromatic heterocycles. The number of hydrogen-bond donors (Lipinski definition) is 0. The quantitative estimate of drug-likeness (QED) is 0.721. The Hall–Kier alpha value is -2.04. The number of anilines is 1. The number of rotatable bonds is 5. The summed E-state index contributed by atoms with van der Waals surface area (Å²) in [6.45, 7) is 3.78. The minimum Gasteiger partial charge on any atom is -0.339 e. The van der Waals surface area contributed by atoms with Crippen LogP contribution >= 0.6 is 11.3 Å². The Bertz CT molecular complexity index is 918. The highest BCUT2D eigenvalue weighted by atomic mass is 32.2. The predicted molar refractivity (Wildman–Crippen MR) is 107 cm³/mol. The van der Waals surface area contributed by atoms with Crippen LogP contribution in [0.3, 0.4) is 0 Å². The number of nitrogens with zero attached hydrogens (tertiary/aromatic N) is 5. The molecule has 2 aliphatic heterocycles. The van der Waals surface area contributed by atoms with Gasteiger partial charge in [0.05, 0.1) is 6.42 Å². The molecule has 0 unspecified atom stereocenters. The summed E-state index contributed by atoms with van der Waals surface area (Å²) in [6.07, 6.45) is 5.49. The number of aromatic nitrogens is 2. The van der Waals surface area contributed by atoms with Gasteiger partial charge in [-0.05, 0) is 31.0 Å². The number of thiophene rings is 1. The Kier molecular flexibility index (Phi) is 5.61. The van der Waals surface area contributed by atoms with Crippen molar-refractivity contribution in [2.45, 2.75) is 23.5 Å². The molecule has 2 saturated heterocycles. The SMILES string of the molecule is O=C(Cc1ccc(S(=O)(=O)N2CCCC2)s1)N1CCN(c2ncccn2)CC1. The molecule has 4 rings (SSSR count). The molecular formula is C18H23N5O3S2. The lowest BCUT2D eigenvalue weighted by atomic mass is 10.2. The first-order valence-electron chi connectivity index (χ1n) is 9.43. The molecule has 28 heavy (non-hydrogen) atoms. The van der Waals surface area contributed by atoms with Gasteiger partial charge in [0.2, 0.25) is 11.9 Å². The molecule has 150 valence electrons. The molecule has 0 aliphatic carbocycles. The monoisotopic (exact) mass is 421 g/mol. The van der Waals surface area contributed by atoms with Gasteiger partial charge in [-0.2, -0.15) is 4.31 Å². The third-order valence-corrected chi connectivity index (χ3v) is 8.54. The molecule has 4 heterocycles. The molecule has 0 N–H and O–H groups in total. The standard InChI is InChI=1S/C18H23N5O3S2/c24-16(21-10-12-22(13-11-21)18-19-6-3-7-20-18)14-15-4-5-17(27-15)28(25,26)23-8-1-2-9-23/h3-7H,1-2,8-14H2. The van der Waals surface area contributed by atoms with Crippen molar-refractivity contribution >= 4 is 33.2 Å². The lowest BCUT2D eigenvalue weighted by molar-refractivity contribution is -0.130. The molecule has 10 heteroatoms. The van der Waals surface area contributed by atoms with Gasteiger partial charge < -0.3 is 9.80 Å². The van der Waals surface area contributed by atoms with E-state index in [0.717, 1.165) is 17.7 Å². The lowest BCUT2D eigenvalue weighted by Crippen LogP contribution is -2.49. The van der Waals surface area contributed by atoms with Gasteiger partial charge in [-0.25, -0.2) is 18.4 Å². The predicted octanol–water partition coefficient (Wildman–Crippen LogP) is 1.21. The fourth-order valence-corrected chi connectivity index (χ4v) is 6.54. The van der Waals surface area contributed by atoms with Crippen molar-refractivity contribution in [1.29, 1.82) is 0 Å². The van der Waals surface area contributed by atoms with Crippen LogP contribution in [0.2, 0.25) is 0 Å². The van der Waals surface area contributed by atoms with E-state index < -0.39 is 10.0 Å². The van der Waals surface area contributed by atoms with E-state index in [9.17, 15) is 13.2 Å². The van der Waals surface area contributed by atoms with Crippen LogP contribution in [0, 0.1) is 0 Å². The third-order valence-electron chi connectivity index (χ3n) is 5.09. The van der Waals surface area contributed by atoms with Crippen LogP contribution in [0.25, 0.3) is 0 Å². The van der Waals surface area contributed by atoms with E-state index in [2.05, 4.69) is 14.9 Å². The average Bonchev–Trinajstić information content (AvgIpc) is 3.42. The second kappa shape index (κ2) is 8.14. The maximum absolute atomic E-state index is 12.6. The van der Waals surface area contributed by atoms with Crippen molar-refractivity contribution in [2.75, 3.05) is 44.2 Å². The molecule has 0 atom stereocenters. The number of hydrogen-bond acceptors (Lipinski definition) is 7. The summed E-state index contributed by atoms with van der Waals surface area (Å²) in [5, 5.41) is 0. The van der Waals surface area contributed by atoms with Gasteiger partial charge in [-0.3, -0.25) is 4.79 Å². The van der Waals surface area contributed by atoms with Crippen molar-refractivity contribution in [3.05, 3.63) is 35.5 Å². The topological polar surface area (TPSA) is 86.7 Å². The first-order valence-corrected chi connectivity index (χ1v) is 11.7. The second-order valence-electron chi connectivity index (χ2n) is 6.93. The van der Waals surface area contributed by atoms with Crippen LogP contribution in [0.4, 0.5) is 5.95 Å². The van der Waals surface area contributed by atoms with E-state index >= 15 is 0 Å². The molecule has 0 spiro atoms. The van der Waals surface area contributed by atoms with Crippen LogP contribution in [0.15, 0.2) is 34.8 Å². The molecule has 8 nitrogen and oxygen atoms in total. The third kappa shape index (κ3) is 4.03. The summed E-state index contributed by atoms with van der Waals surface area (Å²) >= 11 is 1.21. The summed E-state index contributed by atoms with van der Waals surface area (Å²) in [6, 6.07) is 5.17. The summed E-state index contributed by atoms with van der Waals surface area (Å²) < 4.78 is 27.1. The zero-order valence-electron chi connectivity index (χ0n) is 15.5. The van der Waals surface area contributed by atoms with E-state index in [1.807, 2.05) is 4.90 Å². The Morgan fingerprint density at radius 3 is 2.36 bits per heavy atom. The summed E-state index contributed by atoms with van der Waals surface area (Å²) in [7, 11) is -3.41. The number of piperazine rings is 1. The van der Waals surface area contributed by atoms with Crippen molar-refractivity contribution in [1.82, 2.24) is 19.2 Å². The largest absolute Gasteiger partial charge is 0.339 e. The smallest absolute Gasteiger partial charge is 0.252 e. The van der Waals surface area contributed by atoms with Crippen molar-refractivity contribution in [2.24, 2.45) is 0 Å². The molecule has 0 bridgehead atoms. The molecule has 1 amide bonds. The van der Waals surface area contributed by atoms with E-state index in [1.54, 1.807) is 30.6 Å². The molecule has 2 aliphatic rings. The Balaban J connectivity index is 1.34. The van der Waals surface area contributed by atoms with E-state index in [0.29, 0.717) is 49.4 Å². The summed E-state index contributed by atoms with van der Waals surface area (Å²) in [5.74, 6) is 0.713. The molecule has 2 aromatic rings. The molecule has 0 saturated carbocycles. The number of amides is 1. The maximum atomic E-state index is 12.6. The highest BCUT2D eigenvalue weighted by molar-refractivity contribution is 7.91. The normalized spacial score (nSPS) is 18.6. The molecule has 2 fully saturated rings. The van der Waals surface area contributed by atoms with Gasteiger partial charge in [0.15, 0.2) is 0 Å². The fourth-order valence-electron chi connectivity index (χ4n) is 3.52. The van der Waals surface area contributed by atoms with Gasteiger partial charge in [-0.15, -0.1) is 11.3 Å². The van der Waals surface area contributed by atoms with Gasteiger partial charge in [0, 0.05) is 56.5 Å². The van der Waals surface area contributed by atoms with Crippen LogP contribution in [0.5, 0.6) is 0 Å². The van der Waals surface area contributed by atoms with Crippen LogP contribution < -0.4 is 4.90 Å². The van der Waals surface area contributed by atoms with Crippen LogP contribution in [-0.2, 0) is 21.2 Å². The Morgan fingerprint density at radius 2 is 1.68 bits per heavy atom. The summed E-state index contributed by atoms with van der Waals surface area (Å²) in [5.41, 5.74) is 0. The second-order valence-corrected chi connectivity index (χ2v) is 10.3. The van der Waals surface area contributed by atoms with Crippen LogP contribution in [-0.4, -0.2) is 72.8 Å². The van der Waals surface area contributed by atoms with E-state index in [1.165, 1.54) is 15.6 Å². The Morgan fingerprint density at radius 1 is 1.00 bits per heavy atom. The Labute approximate surface area is 168 Å². The lowest BCUT2D eigenvalue weighted by Gasteiger charge is -2.34. The van der Waals surface area contributed by atoms with E-state index in [4.69, 9.17) is 0 Å². The maximum Gasteiger partial charge on any atom is 0.252 e. The number of sulfonamides is 1. The minimum atomic E-state index is -3.41. The fraction of sp³-hybridized carbons (Fsp3) is 0.500. The molecule has 0 aromatic carbocycles. The number of carbonyl (C=O) groups excluding carboxylic acids is 1. The van der Waals surface area contributed by atoms with Crippen molar-refractivity contribution in [3.63, 3.8) is 0 Å². The minimum absolute atomic E-state index is 0.0283. The highest BCUT2D eigenvalue weighted by Gasteiger charge is 2.29. The first-order chi connectivity index (χ1) is 13.5.